The van der Waals surface area contributed by atoms with Crippen molar-refractivity contribution in [2.24, 2.45) is 0 Å². The van der Waals surface area contributed by atoms with Crippen molar-refractivity contribution in [2.45, 2.75) is 11.8 Å². The molecule has 2 aromatic carbocycles. The van der Waals surface area contributed by atoms with E-state index in [9.17, 15) is 13.2 Å². The molecule has 140 valence electrons. The van der Waals surface area contributed by atoms with Crippen LogP contribution >= 0.6 is 11.3 Å². The summed E-state index contributed by atoms with van der Waals surface area (Å²) in [4.78, 5) is 17.4. The molecule has 0 aliphatic rings. The quantitative estimate of drug-likeness (QED) is 0.656. The van der Waals surface area contributed by atoms with Crippen molar-refractivity contribution in [3.8, 4) is 5.75 Å². The van der Waals surface area contributed by atoms with Gasteiger partial charge in [0.2, 0.25) is 0 Å². The number of amides is 1. The van der Waals surface area contributed by atoms with Gasteiger partial charge in [-0.15, -0.1) is 11.3 Å². The van der Waals surface area contributed by atoms with Gasteiger partial charge in [0.25, 0.3) is 15.9 Å². The number of methoxy groups -OCH3 is 1. The molecule has 1 aromatic heterocycles. The topological polar surface area (TPSA) is 97.4 Å². The molecule has 0 saturated heterocycles. The van der Waals surface area contributed by atoms with Crippen molar-refractivity contribution < 1.29 is 17.9 Å². The van der Waals surface area contributed by atoms with Crippen molar-refractivity contribution in [3.05, 3.63) is 65.2 Å². The maximum Gasteiger partial charge on any atom is 0.262 e. The van der Waals surface area contributed by atoms with E-state index in [1.165, 1.54) is 42.7 Å². The number of aryl methyl sites for hydroxylation is 1. The lowest BCUT2D eigenvalue weighted by Gasteiger charge is -2.12. The molecule has 3 rings (SSSR count). The number of hydrogen-bond acceptors (Lipinski definition) is 6. The van der Waals surface area contributed by atoms with Crippen molar-refractivity contribution >= 4 is 38.1 Å². The SMILES string of the molecule is COc1ccccc1NS(=O)(=O)c1cccc(C(=O)Nc2ncc(C)s2)c1. The highest BCUT2D eigenvalue weighted by Gasteiger charge is 2.18. The van der Waals surface area contributed by atoms with Gasteiger partial charge in [0.05, 0.1) is 17.7 Å². The van der Waals surface area contributed by atoms with Crippen LogP contribution < -0.4 is 14.8 Å². The molecule has 0 bridgehead atoms. The Balaban J connectivity index is 1.84. The minimum absolute atomic E-state index is 0.0311. The third kappa shape index (κ3) is 4.44. The largest absolute Gasteiger partial charge is 0.495 e. The summed E-state index contributed by atoms with van der Waals surface area (Å²) in [5.41, 5.74) is 0.527. The number of carbonyl (C=O) groups is 1. The molecule has 1 amide bonds. The van der Waals surface area contributed by atoms with E-state index in [4.69, 9.17) is 4.74 Å². The number of carbonyl (C=O) groups excluding carboxylic acids is 1. The maximum absolute atomic E-state index is 12.7. The first-order chi connectivity index (χ1) is 12.9. The standard InChI is InChI=1S/C18H17N3O4S2/c1-12-11-19-18(26-12)20-17(22)13-6-5-7-14(10-13)27(23,24)21-15-8-3-4-9-16(15)25-2/h3-11,21H,1-2H3,(H,19,20,22). The van der Waals surface area contributed by atoms with Crippen LogP contribution in [0.4, 0.5) is 10.8 Å². The Kier molecular flexibility index (Phi) is 5.43. The van der Waals surface area contributed by atoms with Gasteiger partial charge < -0.3 is 4.74 Å². The molecule has 3 aromatic rings. The van der Waals surface area contributed by atoms with Gasteiger partial charge in [-0.2, -0.15) is 0 Å². The number of aromatic nitrogens is 1. The highest BCUT2D eigenvalue weighted by atomic mass is 32.2. The molecule has 0 unspecified atom stereocenters. The molecule has 0 aliphatic heterocycles. The first-order valence-electron chi connectivity index (χ1n) is 7.89. The molecular formula is C18H17N3O4S2. The van der Waals surface area contributed by atoms with Gasteiger partial charge in [0, 0.05) is 16.6 Å². The molecule has 0 fully saturated rings. The summed E-state index contributed by atoms with van der Waals surface area (Å²) in [6.07, 6.45) is 1.65. The second kappa shape index (κ2) is 7.77. The van der Waals surface area contributed by atoms with Crippen molar-refractivity contribution in [1.82, 2.24) is 4.98 Å². The van der Waals surface area contributed by atoms with E-state index in [1.54, 1.807) is 30.5 Å². The first kappa shape index (κ1) is 18.9. The summed E-state index contributed by atoms with van der Waals surface area (Å²) in [5.74, 6) is -0.0344. The Morgan fingerprint density at radius 3 is 2.63 bits per heavy atom. The fourth-order valence-corrected chi connectivity index (χ4v) is 4.09. The van der Waals surface area contributed by atoms with Crippen LogP contribution in [-0.2, 0) is 10.0 Å². The summed E-state index contributed by atoms with van der Waals surface area (Å²) >= 11 is 1.34. The average molecular weight is 403 g/mol. The second-order valence-corrected chi connectivity index (χ2v) is 8.48. The third-order valence-electron chi connectivity index (χ3n) is 3.60. The van der Waals surface area contributed by atoms with Gasteiger partial charge in [-0.05, 0) is 37.3 Å². The Morgan fingerprint density at radius 1 is 1.15 bits per heavy atom. The molecule has 1 heterocycles. The number of nitrogens with zero attached hydrogens (tertiary/aromatic N) is 1. The predicted octanol–water partition coefficient (Wildman–Crippen LogP) is 3.51. The summed E-state index contributed by atoms with van der Waals surface area (Å²) in [7, 11) is -2.44. The predicted molar refractivity (Wildman–Crippen MR) is 105 cm³/mol. The molecule has 0 radical (unpaired) electrons. The monoisotopic (exact) mass is 403 g/mol. The van der Waals surface area contributed by atoms with Crippen molar-refractivity contribution in [2.75, 3.05) is 17.1 Å². The number of benzene rings is 2. The van der Waals surface area contributed by atoms with Gasteiger partial charge in [-0.3, -0.25) is 14.8 Å². The summed E-state index contributed by atoms with van der Waals surface area (Å²) < 4.78 is 33.0. The van der Waals surface area contributed by atoms with Crippen LogP contribution in [-0.4, -0.2) is 26.4 Å². The number of hydrogen-bond donors (Lipinski definition) is 2. The van der Waals surface area contributed by atoms with Gasteiger partial charge >= 0.3 is 0 Å². The normalized spacial score (nSPS) is 11.0. The van der Waals surface area contributed by atoms with E-state index >= 15 is 0 Å². The zero-order valence-electron chi connectivity index (χ0n) is 14.6. The molecule has 0 saturated carbocycles. The highest BCUT2D eigenvalue weighted by molar-refractivity contribution is 7.92. The minimum Gasteiger partial charge on any atom is -0.495 e. The molecule has 2 N–H and O–H groups in total. The Labute approximate surface area is 161 Å². The molecule has 9 heteroatoms. The van der Waals surface area contributed by atoms with E-state index in [0.717, 1.165) is 4.88 Å². The lowest BCUT2D eigenvalue weighted by Crippen LogP contribution is -2.16. The molecule has 0 atom stereocenters. The van der Waals surface area contributed by atoms with E-state index in [1.807, 2.05) is 6.92 Å². The molecule has 0 spiro atoms. The van der Waals surface area contributed by atoms with Crippen LogP contribution in [0.15, 0.2) is 59.6 Å². The number of nitrogens with one attached hydrogen (secondary N) is 2. The van der Waals surface area contributed by atoms with Gasteiger partial charge in [0.1, 0.15) is 5.75 Å². The molecule has 0 aliphatic carbocycles. The van der Waals surface area contributed by atoms with E-state index in [2.05, 4.69) is 15.0 Å². The smallest absolute Gasteiger partial charge is 0.262 e. The fraction of sp³-hybridized carbons (Fsp3) is 0.111. The van der Waals surface area contributed by atoms with Gasteiger partial charge in [-0.1, -0.05) is 18.2 Å². The molecular weight excluding hydrogens is 386 g/mol. The Hall–Kier alpha value is -2.91. The zero-order valence-corrected chi connectivity index (χ0v) is 16.2. The number of thiazole rings is 1. The van der Waals surface area contributed by atoms with Gasteiger partial charge in [0.15, 0.2) is 5.13 Å². The van der Waals surface area contributed by atoms with Crippen molar-refractivity contribution in [1.29, 1.82) is 0 Å². The Bertz CT molecular complexity index is 1080. The van der Waals surface area contributed by atoms with Crippen molar-refractivity contribution in [3.63, 3.8) is 0 Å². The van der Waals surface area contributed by atoms with E-state index in [-0.39, 0.29) is 10.5 Å². The molecule has 7 nitrogen and oxygen atoms in total. The maximum atomic E-state index is 12.7. The zero-order chi connectivity index (χ0) is 19.4. The minimum atomic E-state index is -3.89. The Morgan fingerprint density at radius 2 is 1.93 bits per heavy atom. The number of sulfonamides is 1. The van der Waals surface area contributed by atoms with Crippen LogP contribution in [0.2, 0.25) is 0 Å². The van der Waals surface area contributed by atoms with Crippen LogP contribution in [0.1, 0.15) is 15.2 Å². The lowest BCUT2D eigenvalue weighted by atomic mass is 10.2. The highest BCUT2D eigenvalue weighted by Crippen LogP contribution is 2.26. The summed E-state index contributed by atoms with van der Waals surface area (Å²) in [6.45, 7) is 1.88. The average Bonchev–Trinajstić information content (AvgIpc) is 3.06. The number of rotatable bonds is 6. The van der Waals surface area contributed by atoms with Crippen LogP contribution in [0.3, 0.4) is 0 Å². The molecule has 27 heavy (non-hydrogen) atoms. The summed E-state index contributed by atoms with van der Waals surface area (Å²) in [5, 5.41) is 3.12. The van der Waals surface area contributed by atoms with E-state index < -0.39 is 15.9 Å². The number of para-hydroxylation sites is 2. The van der Waals surface area contributed by atoms with E-state index in [0.29, 0.717) is 16.6 Å². The first-order valence-corrected chi connectivity index (χ1v) is 10.2. The number of ether oxygens (including phenoxy) is 1. The summed E-state index contributed by atoms with van der Waals surface area (Å²) in [6, 6.07) is 12.5. The fourth-order valence-electron chi connectivity index (χ4n) is 2.32. The second-order valence-electron chi connectivity index (χ2n) is 5.56. The van der Waals surface area contributed by atoms with Crippen LogP contribution in [0, 0.1) is 6.92 Å². The van der Waals surface area contributed by atoms with Crippen LogP contribution in [0.5, 0.6) is 5.75 Å². The third-order valence-corrected chi connectivity index (χ3v) is 5.79. The van der Waals surface area contributed by atoms with Gasteiger partial charge in [-0.25, -0.2) is 13.4 Å². The number of anilines is 2. The van der Waals surface area contributed by atoms with Crippen LogP contribution in [0.25, 0.3) is 0 Å². The lowest BCUT2D eigenvalue weighted by molar-refractivity contribution is 0.102.